The summed E-state index contributed by atoms with van der Waals surface area (Å²) in [6.45, 7) is 2.19. The van der Waals surface area contributed by atoms with E-state index in [2.05, 4.69) is 6.92 Å². The van der Waals surface area contributed by atoms with Gasteiger partial charge in [0, 0.05) is 11.6 Å². The summed E-state index contributed by atoms with van der Waals surface area (Å²) in [5.74, 6) is -0.487. The lowest BCUT2D eigenvalue weighted by Crippen LogP contribution is -2.21. The predicted octanol–water partition coefficient (Wildman–Crippen LogP) is 5.89. The Hall–Kier alpha value is -1.46. The minimum absolute atomic E-state index is 0.0652. The van der Waals surface area contributed by atoms with Gasteiger partial charge in [-0.1, -0.05) is 37.4 Å². The maximum absolute atomic E-state index is 13.9. The summed E-state index contributed by atoms with van der Waals surface area (Å²) in [5.41, 5.74) is 0.594. The first-order valence-electron chi connectivity index (χ1n) is 8.74. The van der Waals surface area contributed by atoms with Crippen molar-refractivity contribution < 1.29 is 17.2 Å². The molecule has 1 saturated carbocycles. The second kappa shape index (κ2) is 7.65. The van der Waals surface area contributed by atoms with Gasteiger partial charge in [0.05, 0.1) is 15.7 Å². The molecule has 1 fully saturated rings. The van der Waals surface area contributed by atoms with Crippen molar-refractivity contribution in [1.82, 2.24) is 0 Å². The van der Waals surface area contributed by atoms with Crippen molar-refractivity contribution in [3.63, 3.8) is 0 Å². The molecule has 0 saturated heterocycles. The number of hydrogen-bond donors (Lipinski definition) is 0. The summed E-state index contributed by atoms with van der Waals surface area (Å²) in [6.07, 6.45) is 3.93. The standard InChI is InChI=1S/C20H21ClF2O2S/c1-13-2-4-14(5-3-13)12-26(24,25)20-9-6-15(10-18(20)21)17-8-7-16(22)11-19(17)23/h6-11,13-14H,2-5,12H2,1H3. The molecule has 0 atom stereocenters. The normalized spacial score (nSPS) is 20.9. The Morgan fingerprint density at radius 3 is 2.35 bits per heavy atom. The van der Waals surface area contributed by atoms with Crippen LogP contribution in [0.5, 0.6) is 0 Å². The van der Waals surface area contributed by atoms with E-state index in [0.29, 0.717) is 11.5 Å². The Morgan fingerprint density at radius 1 is 1.04 bits per heavy atom. The van der Waals surface area contributed by atoms with E-state index >= 15 is 0 Å². The molecule has 0 N–H and O–H groups in total. The number of hydrogen-bond acceptors (Lipinski definition) is 2. The Morgan fingerprint density at radius 2 is 1.73 bits per heavy atom. The molecule has 6 heteroatoms. The first-order valence-corrected chi connectivity index (χ1v) is 10.8. The second-order valence-corrected chi connectivity index (χ2v) is 9.59. The Labute approximate surface area is 158 Å². The molecule has 0 radical (unpaired) electrons. The number of rotatable bonds is 4. The van der Waals surface area contributed by atoms with Crippen LogP contribution in [0.2, 0.25) is 5.02 Å². The van der Waals surface area contributed by atoms with Gasteiger partial charge in [-0.05, 0) is 54.5 Å². The average Bonchev–Trinajstić information content (AvgIpc) is 2.56. The van der Waals surface area contributed by atoms with Gasteiger partial charge in [0.1, 0.15) is 11.6 Å². The van der Waals surface area contributed by atoms with E-state index in [9.17, 15) is 17.2 Å². The van der Waals surface area contributed by atoms with E-state index in [1.54, 1.807) is 0 Å². The monoisotopic (exact) mass is 398 g/mol. The average molecular weight is 399 g/mol. The van der Waals surface area contributed by atoms with Crippen molar-refractivity contribution in [3.8, 4) is 11.1 Å². The smallest absolute Gasteiger partial charge is 0.180 e. The molecule has 1 aliphatic carbocycles. The molecule has 0 aliphatic heterocycles. The van der Waals surface area contributed by atoms with Crippen LogP contribution in [-0.2, 0) is 9.84 Å². The van der Waals surface area contributed by atoms with Crippen LogP contribution in [0.3, 0.4) is 0 Å². The van der Waals surface area contributed by atoms with Crippen LogP contribution in [0.4, 0.5) is 8.78 Å². The summed E-state index contributed by atoms with van der Waals surface area (Å²) in [4.78, 5) is 0.0732. The molecule has 2 aromatic rings. The van der Waals surface area contributed by atoms with E-state index in [1.807, 2.05) is 0 Å². The highest BCUT2D eigenvalue weighted by molar-refractivity contribution is 7.91. The zero-order valence-corrected chi connectivity index (χ0v) is 16.1. The highest BCUT2D eigenvalue weighted by atomic mass is 35.5. The van der Waals surface area contributed by atoms with Crippen LogP contribution in [0.1, 0.15) is 32.6 Å². The maximum atomic E-state index is 13.9. The molecular weight excluding hydrogens is 378 g/mol. The lowest BCUT2D eigenvalue weighted by atomic mass is 9.84. The number of sulfone groups is 1. The van der Waals surface area contributed by atoms with Gasteiger partial charge in [0.2, 0.25) is 0 Å². The van der Waals surface area contributed by atoms with Crippen LogP contribution in [-0.4, -0.2) is 14.2 Å². The molecule has 1 aliphatic rings. The number of halogens is 3. The van der Waals surface area contributed by atoms with Gasteiger partial charge >= 0.3 is 0 Å². The first kappa shape index (κ1) is 19.3. The SMILES string of the molecule is CC1CCC(CS(=O)(=O)c2ccc(-c3ccc(F)cc3F)cc2Cl)CC1. The van der Waals surface area contributed by atoms with Crippen LogP contribution >= 0.6 is 11.6 Å². The molecule has 2 nitrogen and oxygen atoms in total. The van der Waals surface area contributed by atoms with Crippen LogP contribution in [0.25, 0.3) is 11.1 Å². The van der Waals surface area contributed by atoms with E-state index in [0.717, 1.165) is 37.8 Å². The highest BCUT2D eigenvalue weighted by Gasteiger charge is 2.26. The Balaban J connectivity index is 1.84. The molecule has 0 bridgehead atoms. The molecule has 3 rings (SSSR count). The van der Waals surface area contributed by atoms with Crippen molar-refractivity contribution in [2.45, 2.75) is 37.5 Å². The third-order valence-corrected chi connectivity index (χ3v) is 7.46. The molecule has 2 aromatic carbocycles. The van der Waals surface area contributed by atoms with Crippen molar-refractivity contribution in [2.24, 2.45) is 11.8 Å². The Bertz CT molecular complexity index is 904. The van der Waals surface area contributed by atoms with Crippen molar-refractivity contribution in [1.29, 1.82) is 0 Å². The Kier molecular flexibility index (Phi) is 5.68. The van der Waals surface area contributed by atoms with E-state index in [1.165, 1.54) is 24.3 Å². The fourth-order valence-electron chi connectivity index (χ4n) is 3.54. The van der Waals surface area contributed by atoms with E-state index in [-0.39, 0.29) is 27.2 Å². The van der Waals surface area contributed by atoms with Gasteiger partial charge in [-0.3, -0.25) is 0 Å². The molecule has 0 heterocycles. The van der Waals surface area contributed by atoms with Gasteiger partial charge in [-0.2, -0.15) is 0 Å². The van der Waals surface area contributed by atoms with Gasteiger partial charge in [0.25, 0.3) is 0 Å². The molecular formula is C20H21ClF2O2S. The van der Waals surface area contributed by atoms with Crippen molar-refractivity contribution in [3.05, 3.63) is 53.1 Å². The molecule has 140 valence electrons. The van der Waals surface area contributed by atoms with Crippen LogP contribution in [0.15, 0.2) is 41.3 Å². The van der Waals surface area contributed by atoms with Crippen molar-refractivity contribution >= 4 is 21.4 Å². The molecule has 0 unspecified atom stereocenters. The zero-order valence-electron chi connectivity index (χ0n) is 14.5. The summed E-state index contributed by atoms with van der Waals surface area (Å²) in [7, 11) is -3.51. The van der Waals surface area contributed by atoms with Crippen molar-refractivity contribution in [2.75, 3.05) is 5.75 Å². The predicted molar refractivity (Wildman–Crippen MR) is 100.0 cm³/mol. The minimum atomic E-state index is -3.51. The van der Waals surface area contributed by atoms with Gasteiger partial charge in [-0.15, -0.1) is 0 Å². The van der Waals surface area contributed by atoms with Crippen LogP contribution < -0.4 is 0 Å². The van der Waals surface area contributed by atoms with Crippen LogP contribution in [0, 0.1) is 23.5 Å². The zero-order chi connectivity index (χ0) is 18.9. The molecule has 0 amide bonds. The molecule has 26 heavy (non-hydrogen) atoms. The lowest BCUT2D eigenvalue weighted by molar-refractivity contribution is 0.308. The fourth-order valence-corrected chi connectivity index (χ4v) is 5.84. The van der Waals surface area contributed by atoms with E-state index < -0.39 is 21.5 Å². The molecule has 0 aromatic heterocycles. The van der Waals surface area contributed by atoms with E-state index in [4.69, 9.17) is 11.6 Å². The third-order valence-electron chi connectivity index (χ3n) is 5.10. The minimum Gasteiger partial charge on any atom is -0.224 e. The fraction of sp³-hybridized carbons (Fsp3) is 0.400. The lowest BCUT2D eigenvalue weighted by Gasteiger charge is -2.26. The quantitative estimate of drug-likeness (QED) is 0.643. The van der Waals surface area contributed by atoms with Gasteiger partial charge in [0.15, 0.2) is 9.84 Å². The summed E-state index contributed by atoms with van der Waals surface area (Å²) >= 11 is 6.21. The summed E-state index contributed by atoms with van der Waals surface area (Å²) in [5, 5.41) is 0.0652. The highest BCUT2D eigenvalue weighted by Crippen LogP contribution is 2.34. The topological polar surface area (TPSA) is 34.1 Å². The third kappa shape index (κ3) is 4.26. The van der Waals surface area contributed by atoms with Gasteiger partial charge in [-0.25, -0.2) is 17.2 Å². The number of benzene rings is 2. The first-order chi connectivity index (χ1) is 12.3. The summed E-state index contributed by atoms with van der Waals surface area (Å²) < 4.78 is 52.5. The second-order valence-electron chi connectivity index (χ2n) is 7.18. The maximum Gasteiger partial charge on any atom is 0.180 e. The largest absolute Gasteiger partial charge is 0.224 e. The summed E-state index contributed by atoms with van der Waals surface area (Å²) in [6, 6.07) is 7.61. The molecule has 0 spiro atoms. The van der Waals surface area contributed by atoms with Gasteiger partial charge < -0.3 is 0 Å².